The maximum Gasteiger partial charge on any atom is 0.309 e. The van der Waals surface area contributed by atoms with E-state index in [4.69, 9.17) is 20.7 Å². The summed E-state index contributed by atoms with van der Waals surface area (Å²) < 4.78 is 11.5. The van der Waals surface area contributed by atoms with Crippen LogP contribution in [0.4, 0.5) is 5.69 Å². The number of piperidine rings is 1. The van der Waals surface area contributed by atoms with Crippen LogP contribution in [0.3, 0.4) is 0 Å². The zero-order chi connectivity index (χ0) is 57.4. The lowest BCUT2D eigenvalue weighted by molar-refractivity contribution is -0.213. The Balaban J connectivity index is 1.45. The summed E-state index contributed by atoms with van der Waals surface area (Å²) in [6.07, 6.45) is 13.0. The second-order valence-corrected chi connectivity index (χ2v) is 22.1. The third-order valence-electron chi connectivity index (χ3n) is 13.9. The van der Waals surface area contributed by atoms with Gasteiger partial charge in [-0.1, -0.05) is 65.0 Å². The van der Waals surface area contributed by atoms with E-state index in [1.165, 1.54) is 17.4 Å². The number of esters is 1. The van der Waals surface area contributed by atoms with Crippen molar-refractivity contribution in [1.29, 1.82) is 0 Å². The number of likely N-dealkylation sites (N-methyl/N-ethyl adjacent to an activating group) is 1. The molecule has 78 heavy (non-hydrogen) atoms. The summed E-state index contributed by atoms with van der Waals surface area (Å²) >= 11 is 1.08. The molecule has 1 aromatic carbocycles. The van der Waals surface area contributed by atoms with Crippen molar-refractivity contribution in [3.63, 3.8) is 0 Å². The monoisotopic (exact) mass is 1100 g/mol. The molecule has 1 aliphatic carbocycles. The Morgan fingerprint density at radius 2 is 1.67 bits per heavy atom. The van der Waals surface area contributed by atoms with E-state index in [1.54, 1.807) is 38.1 Å². The van der Waals surface area contributed by atoms with Crippen LogP contribution in [0.2, 0.25) is 0 Å². The molecule has 1 fully saturated rings. The predicted octanol–water partition coefficient (Wildman–Crippen LogP) is 5.72. The van der Waals surface area contributed by atoms with E-state index in [9.17, 15) is 43.5 Å². The lowest BCUT2D eigenvalue weighted by Gasteiger charge is -2.39. The summed E-state index contributed by atoms with van der Waals surface area (Å²) in [5.74, 6) is 3.58. The zero-order valence-electron chi connectivity index (χ0n) is 46.7. The van der Waals surface area contributed by atoms with Crippen LogP contribution < -0.4 is 26.6 Å². The van der Waals surface area contributed by atoms with Gasteiger partial charge in [-0.25, -0.2) is 10.0 Å². The molecule has 1 unspecified atom stereocenters. The van der Waals surface area contributed by atoms with E-state index in [0.29, 0.717) is 36.9 Å². The van der Waals surface area contributed by atoms with Crippen molar-refractivity contribution in [3.05, 3.63) is 45.9 Å². The fourth-order valence-corrected chi connectivity index (χ4v) is 9.87. The highest BCUT2D eigenvalue weighted by Gasteiger charge is 2.40. The van der Waals surface area contributed by atoms with Crippen molar-refractivity contribution >= 4 is 64.4 Å². The van der Waals surface area contributed by atoms with Gasteiger partial charge in [0.05, 0.1) is 37.2 Å². The number of aliphatic carboxylic acids is 1. The second kappa shape index (κ2) is 32.5. The standard InChI is InChI=1S/C57H82N8O12S/c1-10-12-20-29-76-65(55(72)51(38(5)11-2)63-53(71)45-23-18-19-28-64(45)9)46(37(3)4)31-47(77-39(6)66)54-62-44(36-78-54)52(70)61-42(32-57(7,8)56(73)74)30-40-24-26-41(27-25-40)60-49(68)34-58-48(67)33-59-50(69)35-75-43-21-16-14-13-15-17-22-43/h1,24-27,36-38,42-43,45-47,51H,11-16,18-21,23,28-35H2,2-9H3,(H,58,67)(H,59,69)(H,60,68)(H,61,70)(H,63,71)(H,73,74)/t38-,42-,43?,45+,46+,47+,51-/m0/s1. The molecule has 2 aromatic rings. The van der Waals surface area contributed by atoms with Crippen LogP contribution in [-0.2, 0) is 54.3 Å². The number of nitrogens with one attached hydrogen (secondary N) is 5. The minimum Gasteiger partial charge on any atom is -0.481 e. The van der Waals surface area contributed by atoms with Gasteiger partial charge in [0.2, 0.25) is 23.6 Å². The molecule has 428 valence electrons. The Labute approximate surface area is 464 Å². The van der Waals surface area contributed by atoms with E-state index < -0.39 is 71.1 Å². The molecule has 0 bridgehead atoms. The van der Waals surface area contributed by atoms with Gasteiger partial charge in [-0.05, 0) is 108 Å². The fourth-order valence-electron chi connectivity index (χ4n) is 9.03. The highest BCUT2D eigenvalue weighted by Crippen LogP contribution is 2.33. The summed E-state index contributed by atoms with van der Waals surface area (Å²) in [5, 5.41) is 26.8. The van der Waals surface area contributed by atoms with Crippen LogP contribution in [-0.4, -0.2) is 138 Å². The molecule has 2 aliphatic rings. The number of unbranched alkanes of at least 4 members (excludes halogenated alkanes) is 1. The number of carboxylic acid groups (broad SMARTS) is 1. The molecule has 2 heterocycles. The molecule has 6 N–H and O–H groups in total. The third-order valence-corrected chi connectivity index (χ3v) is 14.8. The molecule has 0 radical (unpaired) electrons. The summed E-state index contributed by atoms with van der Waals surface area (Å²) in [4.78, 5) is 118. The molecule has 6 amide bonds. The topological polar surface area (TPSA) is 264 Å². The number of hydroxylamine groups is 2. The van der Waals surface area contributed by atoms with Crippen LogP contribution in [0.25, 0.3) is 0 Å². The number of benzene rings is 1. The van der Waals surface area contributed by atoms with E-state index in [1.807, 2.05) is 39.6 Å². The number of ether oxygens (including phenoxy) is 2. The van der Waals surface area contributed by atoms with E-state index >= 15 is 0 Å². The molecule has 20 nitrogen and oxygen atoms in total. The molecular weight excluding hydrogens is 1020 g/mol. The number of carbonyl (C=O) groups is 8. The van der Waals surface area contributed by atoms with Gasteiger partial charge in [0, 0.05) is 43.3 Å². The lowest BCUT2D eigenvalue weighted by atomic mass is 9.84. The molecule has 1 saturated heterocycles. The minimum atomic E-state index is -1.26. The molecule has 4 rings (SSSR count). The average molecular weight is 1100 g/mol. The summed E-state index contributed by atoms with van der Waals surface area (Å²) in [5.41, 5.74) is -0.143. The number of hydrogen-bond acceptors (Lipinski definition) is 14. The number of thiazole rings is 1. The van der Waals surface area contributed by atoms with Gasteiger partial charge in [-0.3, -0.25) is 48.1 Å². The maximum absolute atomic E-state index is 14.8. The molecule has 1 aromatic heterocycles. The Bertz CT molecular complexity index is 2450. The summed E-state index contributed by atoms with van der Waals surface area (Å²) in [7, 11) is 1.90. The second-order valence-electron chi connectivity index (χ2n) is 21.2. The molecule has 21 heteroatoms. The van der Waals surface area contributed by atoms with Gasteiger partial charge in [0.15, 0.2) is 6.10 Å². The van der Waals surface area contributed by atoms with Gasteiger partial charge in [0.25, 0.3) is 11.8 Å². The predicted molar refractivity (Wildman–Crippen MR) is 295 cm³/mol. The van der Waals surface area contributed by atoms with Gasteiger partial charge in [0.1, 0.15) is 29.5 Å². The first-order chi connectivity index (χ1) is 37.1. The van der Waals surface area contributed by atoms with Crippen molar-refractivity contribution < 1.29 is 57.8 Å². The molecule has 0 spiro atoms. The summed E-state index contributed by atoms with van der Waals surface area (Å²) in [6.45, 7) is 11.9. The van der Waals surface area contributed by atoms with E-state index in [0.717, 1.165) is 62.8 Å². The maximum atomic E-state index is 14.8. The molecule has 7 atom stereocenters. The number of rotatable bonds is 30. The Hall–Kier alpha value is -6.39. The first-order valence-electron chi connectivity index (χ1n) is 27.2. The van der Waals surface area contributed by atoms with Crippen molar-refractivity contribution in [2.45, 2.75) is 175 Å². The highest BCUT2D eigenvalue weighted by atomic mass is 32.1. The summed E-state index contributed by atoms with van der Waals surface area (Å²) in [6, 6.07) is 3.96. The SMILES string of the molecule is C#CCCCON(C(=O)[C@@H](NC(=O)[C@H]1CCCCN1C)[C@@H](C)CC)[C@H](C[C@@H](OC(C)=O)c1nc(C(=O)N[C@@H](Cc2ccc(NC(=O)CNC(=O)CNC(=O)COC3C#CCCCCC3)cc2)CC(C)(C)C(=O)O)cs1)C(C)C. The largest absolute Gasteiger partial charge is 0.481 e. The number of hydrogen-bond donors (Lipinski definition) is 6. The number of nitrogens with zero attached hydrogens (tertiary/aromatic N) is 3. The van der Waals surface area contributed by atoms with Crippen molar-refractivity contribution in [1.82, 2.24) is 36.2 Å². The van der Waals surface area contributed by atoms with Crippen LogP contribution in [0.1, 0.15) is 159 Å². The van der Waals surface area contributed by atoms with Crippen LogP contribution in [0.5, 0.6) is 0 Å². The number of carbonyl (C=O) groups excluding carboxylic acids is 7. The van der Waals surface area contributed by atoms with Crippen LogP contribution >= 0.6 is 11.3 Å². The molecule has 1 aliphatic heterocycles. The highest BCUT2D eigenvalue weighted by molar-refractivity contribution is 7.09. The fraction of sp³-hybridized carbons (Fsp3) is 0.632. The smallest absolute Gasteiger partial charge is 0.309 e. The number of aromatic nitrogens is 1. The van der Waals surface area contributed by atoms with Crippen molar-refractivity contribution in [2.24, 2.45) is 17.3 Å². The quantitative estimate of drug-likeness (QED) is 0.0237. The zero-order valence-corrected chi connectivity index (χ0v) is 47.5. The third kappa shape index (κ3) is 21.4. The van der Waals surface area contributed by atoms with Crippen molar-refractivity contribution in [3.8, 4) is 24.2 Å². The number of amides is 6. The number of carboxylic acids is 1. The van der Waals surface area contributed by atoms with Crippen LogP contribution in [0.15, 0.2) is 29.6 Å². The van der Waals surface area contributed by atoms with Gasteiger partial charge in [-0.2, -0.15) is 0 Å². The Morgan fingerprint density at radius 1 is 0.962 bits per heavy atom. The lowest BCUT2D eigenvalue weighted by Crippen LogP contribution is -2.58. The Morgan fingerprint density at radius 3 is 2.33 bits per heavy atom. The number of anilines is 1. The first-order valence-corrected chi connectivity index (χ1v) is 28.1. The van der Waals surface area contributed by atoms with Gasteiger partial charge < -0.3 is 41.2 Å². The first kappa shape index (κ1) is 64.1. The minimum absolute atomic E-state index is 0.00532. The molecule has 0 saturated carbocycles. The van der Waals surface area contributed by atoms with Crippen molar-refractivity contribution in [2.75, 3.05) is 45.2 Å². The number of likely N-dealkylation sites (tertiary alicyclic amines) is 1. The molecular formula is C57H82N8O12S. The van der Waals surface area contributed by atoms with Gasteiger partial charge in [-0.15, -0.1) is 29.6 Å². The number of terminal acetylenes is 1. The van der Waals surface area contributed by atoms with Crippen LogP contribution in [0, 0.1) is 41.4 Å². The van der Waals surface area contributed by atoms with E-state index in [2.05, 4.69) is 49.3 Å². The van der Waals surface area contributed by atoms with E-state index in [-0.39, 0.29) is 86.2 Å². The average Bonchev–Trinajstić information content (AvgIpc) is 3.90. The Kier molecular flexibility index (Phi) is 26.7. The van der Waals surface area contributed by atoms with Gasteiger partial charge >= 0.3 is 11.9 Å². The normalized spacial score (nSPS) is 17.6.